The Kier molecular flexibility index (Phi) is 7.30. The molecule has 0 aromatic carbocycles. The second-order valence-electron chi connectivity index (χ2n) is 8.35. The Balaban J connectivity index is 1.45. The zero-order valence-electron chi connectivity index (χ0n) is 18.3. The van der Waals surface area contributed by atoms with E-state index in [1.165, 1.54) is 16.0 Å². The number of aromatic nitrogens is 2. The van der Waals surface area contributed by atoms with E-state index in [-0.39, 0.29) is 11.6 Å². The third kappa shape index (κ3) is 4.68. The number of piperidine rings is 1. The second-order valence-corrected chi connectivity index (χ2v) is 10.4. The fourth-order valence-corrected chi connectivity index (χ4v) is 6.41. The molecule has 1 fully saturated rings. The van der Waals surface area contributed by atoms with Crippen molar-refractivity contribution < 1.29 is 9.47 Å². The van der Waals surface area contributed by atoms with Gasteiger partial charge in [-0.15, -0.1) is 11.3 Å². The number of hydrogen-bond donors (Lipinski definition) is 0. The standard InChI is InChI=1S/C22H32BN3O2S2/c1-4-27-21(23)19-11-18-5-9-28-22(20(18)30-19)6-7-25(16(2)12-22)14-17-13-24-26(15-17)8-10-29-3/h11,13,15-16,21H,4-10,12,14H2,1-3H3/t16-,21?,22?/m0/s1. The fraction of sp³-hybridized carbons (Fsp3) is 0.682. The Morgan fingerprint density at radius 3 is 3.13 bits per heavy atom. The molecule has 2 aliphatic rings. The number of likely N-dealkylation sites (tertiary alicyclic amines) is 1. The minimum atomic E-state index is -0.331. The van der Waals surface area contributed by atoms with E-state index in [4.69, 9.17) is 17.3 Å². The average molecular weight is 445 g/mol. The van der Waals surface area contributed by atoms with Gasteiger partial charge in [0, 0.05) is 65.6 Å². The van der Waals surface area contributed by atoms with Crippen LogP contribution in [0.5, 0.6) is 0 Å². The zero-order valence-corrected chi connectivity index (χ0v) is 19.9. The van der Waals surface area contributed by atoms with Crippen LogP contribution in [0.3, 0.4) is 0 Å². The predicted molar refractivity (Wildman–Crippen MR) is 125 cm³/mol. The summed E-state index contributed by atoms with van der Waals surface area (Å²) in [6.45, 7) is 8.70. The van der Waals surface area contributed by atoms with Crippen molar-refractivity contribution in [2.45, 2.75) is 63.8 Å². The Morgan fingerprint density at radius 1 is 1.50 bits per heavy atom. The topological polar surface area (TPSA) is 39.5 Å². The molecular formula is C22H32BN3O2S2. The van der Waals surface area contributed by atoms with Crippen LogP contribution in [0.4, 0.5) is 0 Å². The van der Waals surface area contributed by atoms with Crippen LogP contribution in [-0.4, -0.2) is 60.3 Å². The van der Waals surface area contributed by atoms with Gasteiger partial charge in [-0.05, 0) is 51.0 Å². The lowest BCUT2D eigenvalue weighted by Gasteiger charge is -2.47. The number of fused-ring (bicyclic) bond motifs is 2. The van der Waals surface area contributed by atoms with E-state index in [0.717, 1.165) is 56.1 Å². The van der Waals surface area contributed by atoms with Gasteiger partial charge in [0.25, 0.3) is 0 Å². The van der Waals surface area contributed by atoms with Crippen molar-refractivity contribution in [2.75, 3.05) is 31.8 Å². The van der Waals surface area contributed by atoms with Crippen LogP contribution in [-0.2, 0) is 34.6 Å². The predicted octanol–water partition coefficient (Wildman–Crippen LogP) is 3.96. The maximum atomic E-state index is 6.49. The first-order chi connectivity index (χ1) is 14.5. The van der Waals surface area contributed by atoms with Crippen LogP contribution in [0.2, 0.25) is 0 Å². The van der Waals surface area contributed by atoms with Crippen molar-refractivity contribution in [3.63, 3.8) is 0 Å². The summed E-state index contributed by atoms with van der Waals surface area (Å²) >= 11 is 3.65. The number of nitrogens with zero attached hydrogens (tertiary/aromatic N) is 3. The van der Waals surface area contributed by atoms with E-state index in [1.54, 1.807) is 11.3 Å². The summed E-state index contributed by atoms with van der Waals surface area (Å²) in [5.41, 5.74) is 2.54. The summed E-state index contributed by atoms with van der Waals surface area (Å²) in [4.78, 5) is 5.08. The van der Waals surface area contributed by atoms with Gasteiger partial charge in [0.1, 0.15) is 13.4 Å². The minimum Gasteiger partial charge on any atom is -0.383 e. The van der Waals surface area contributed by atoms with Crippen LogP contribution < -0.4 is 0 Å². The Bertz CT molecular complexity index is 842. The van der Waals surface area contributed by atoms with Crippen LogP contribution in [0, 0.1) is 0 Å². The van der Waals surface area contributed by atoms with Crippen molar-refractivity contribution >= 4 is 30.9 Å². The third-order valence-corrected chi connectivity index (χ3v) is 8.28. The van der Waals surface area contributed by atoms with E-state index < -0.39 is 0 Å². The summed E-state index contributed by atoms with van der Waals surface area (Å²) in [5.74, 6) is 1.10. The summed E-state index contributed by atoms with van der Waals surface area (Å²) in [6.07, 6.45) is 9.37. The van der Waals surface area contributed by atoms with Gasteiger partial charge in [-0.25, -0.2) is 0 Å². The number of rotatable bonds is 8. The Hall–Kier alpha value is -0.795. The molecule has 3 atom stereocenters. The molecule has 0 aliphatic carbocycles. The molecule has 2 unspecified atom stereocenters. The molecule has 5 nitrogen and oxygen atoms in total. The molecular weight excluding hydrogens is 413 g/mol. The summed E-state index contributed by atoms with van der Waals surface area (Å²) in [7, 11) is 6.23. The van der Waals surface area contributed by atoms with Crippen molar-refractivity contribution in [1.29, 1.82) is 0 Å². The van der Waals surface area contributed by atoms with Crippen LogP contribution >= 0.6 is 23.1 Å². The fourth-order valence-electron chi connectivity index (χ4n) is 4.70. The first-order valence-electron chi connectivity index (χ1n) is 10.9. The molecule has 4 heterocycles. The van der Waals surface area contributed by atoms with Crippen molar-refractivity contribution in [2.24, 2.45) is 0 Å². The maximum absolute atomic E-state index is 6.49. The van der Waals surface area contributed by atoms with Crippen molar-refractivity contribution in [1.82, 2.24) is 14.7 Å². The van der Waals surface area contributed by atoms with Gasteiger partial charge in [-0.2, -0.15) is 16.9 Å². The van der Waals surface area contributed by atoms with Crippen LogP contribution in [0.1, 0.15) is 53.6 Å². The summed E-state index contributed by atoms with van der Waals surface area (Å²) in [6, 6.07) is 2.37. The first kappa shape index (κ1) is 22.4. The molecule has 1 spiro atoms. The van der Waals surface area contributed by atoms with E-state index in [2.05, 4.69) is 40.1 Å². The summed E-state index contributed by atoms with van der Waals surface area (Å²) in [5, 5.41) is 4.52. The molecule has 1 saturated heterocycles. The molecule has 30 heavy (non-hydrogen) atoms. The van der Waals surface area contributed by atoms with E-state index in [1.807, 2.05) is 24.9 Å². The first-order valence-corrected chi connectivity index (χ1v) is 13.1. The van der Waals surface area contributed by atoms with Gasteiger partial charge in [-0.3, -0.25) is 9.58 Å². The van der Waals surface area contributed by atoms with Gasteiger partial charge in [0.15, 0.2) is 0 Å². The molecule has 2 aliphatic heterocycles. The van der Waals surface area contributed by atoms with E-state index in [0.29, 0.717) is 12.6 Å². The van der Waals surface area contributed by atoms with Crippen LogP contribution in [0.25, 0.3) is 0 Å². The minimum absolute atomic E-state index is 0.166. The molecule has 0 saturated carbocycles. The number of ether oxygens (including phenoxy) is 2. The molecule has 0 N–H and O–H groups in total. The molecule has 8 heteroatoms. The van der Waals surface area contributed by atoms with Crippen molar-refractivity contribution in [3.05, 3.63) is 39.3 Å². The highest BCUT2D eigenvalue weighted by molar-refractivity contribution is 7.98. The average Bonchev–Trinajstić information content (AvgIpc) is 3.37. The van der Waals surface area contributed by atoms with Gasteiger partial charge in [0.2, 0.25) is 0 Å². The quantitative estimate of drug-likeness (QED) is 0.576. The molecule has 0 amide bonds. The number of hydrogen-bond acceptors (Lipinski definition) is 6. The molecule has 4 rings (SSSR count). The monoisotopic (exact) mass is 445 g/mol. The smallest absolute Gasteiger partial charge is 0.116 e. The Labute approximate surface area is 189 Å². The number of thioether (sulfide) groups is 1. The molecule has 2 aromatic heterocycles. The zero-order chi connectivity index (χ0) is 21.1. The molecule has 2 aromatic rings. The van der Waals surface area contributed by atoms with Gasteiger partial charge in [-0.1, -0.05) is 0 Å². The highest BCUT2D eigenvalue weighted by Crippen LogP contribution is 2.48. The number of thiophene rings is 1. The third-order valence-electron chi connectivity index (χ3n) is 6.27. The van der Waals surface area contributed by atoms with Crippen LogP contribution in [0.15, 0.2) is 18.5 Å². The van der Waals surface area contributed by atoms with Gasteiger partial charge in [0.05, 0.1) is 12.8 Å². The summed E-state index contributed by atoms with van der Waals surface area (Å²) < 4.78 is 14.2. The normalized spacial score (nSPS) is 25.5. The molecule has 0 bridgehead atoms. The maximum Gasteiger partial charge on any atom is 0.116 e. The Morgan fingerprint density at radius 2 is 2.37 bits per heavy atom. The van der Waals surface area contributed by atoms with E-state index >= 15 is 0 Å². The lowest BCUT2D eigenvalue weighted by molar-refractivity contribution is -0.110. The second kappa shape index (κ2) is 9.78. The highest BCUT2D eigenvalue weighted by atomic mass is 32.2. The molecule has 162 valence electrons. The largest absolute Gasteiger partial charge is 0.383 e. The van der Waals surface area contributed by atoms with E-state index in [9.17, 15) is 0 Å². The lowest BCUT2D eigenvalue weighted by Crippen LogP contribution is -2.49. The highest BCUT2D eigenvalue weighted by Gasteiger charge is 2.45. The van der Waals surface area contributed by atoms with Gasteiger partial charge < -0.3 is 9.47 Å². The van der Waals surface area contributed by atoms with Gasteiger partial charge >= 0.3 is 0 Å². The van der Waals surface area contributed by atoms with Crippen molar-refractivity contribution in [3.8, 4) is 0 Å². The molecule has 2 radical (unpaired) electrons. The lowest BCUT2D eigenvalue weighted by atomic mass is 9.82. The SMILES string of the molecule is [B]C(OCC)c1cc2c(s1)C1(CCN(Cc3cnn(CCSC)c3)[C@@H](C)C1)OCC2. The number of aryl methyl sites for hydroxylation is 1.